The van der Waals surface area contributed by atoms with Crippen molar-refractivity contribution in [2.45, 2.75) is 38.8 Å². The zero-order chi connectivity index (χ0) is 32.1. The topological polar surface area (TPSA) is 74.6 Å². The average Bonchev–Trinajstić information content (AvgIpc) is 2.90. The third-order valence-electron chi connectivity index (χ3n) is 4.95. The van der Waals surface area contributed by atoms with E-state index in [1.807, 2.05) is 0 Å². The summed E-state index contributed by atoms with van der Waals surface area (Å²) in [6.07, 6.45) is -5.19. The van der Waals surface area contributed by atoms with Gasteiger partial charge in [-0.1, -0.05) is 0 Å². The number of pyridine rings is 1. The predicted molar refractivity (Wildman–Crippen MR) is 108 cm³/mol. The minimum Gasteiger partial charge on any atom is -0.506 e. The van der Waals surface area contributed by atoms with Crippen LogP contribution in [0.5, 0.6) is 5.75 Å². The molecule has 1 atom stereocenters. The molecular formula is C21H25F4N3O3. The molecule has 1 unspecified atom stereocenters. The minimum absolute atomic E-state index is 0.0774. The fraction of sp³-hybridized carbons (Fsp3) is 0.524. The Balaban J connectivity index is 2.06. The van der Waals surface area contributed by atoms with Gasteiger partial charge in [0.25, 0.3) is 12.9 Å². The number of fused-ring (bicyclic) bond motifs is 1. The number of aryl methyl sites for hydroxylation is 1. The lowest BCUT2D eigenvalue weighted by molar-refractivity contribution is -0.185. The number of alkyl halides is 3. The monoisotopic (exact) mass is 454 g/mol. The molecule has 31 heavy (non-hydrogen) atoms. The molecule has 0 spiro atoms. The van der Waals surface area contributed by atoms with Gasteiger partial charge in [0, 0.05) is 26.7 Å². The molecule has 1 aliphatic rings. The van der Waals surface area contributed by atoms with Gasteiger partial charge in [-0.25, -0.2) is 4.39 Å². The van der Waals surface area contributed by atoms with Gasteiger partial charge in [0.05, 0.1) is 15.5 Å². The largest absolute Gasteiger partial charge is 0.506 e. The van der Waals surface area contributed by atoms with Gasteiger partial charge in [0.1, 0.15) is 17.1 Å². The SMILES string of the molecule is [2H]Oc1c(C(=O)N([2H])CCC([2H])N2CCC(C(F)(F)F)CC2)c(=O)n(C([2H])([2H])C([2H])([2H])[2H])c2c([2H])c([2H])c(F)c([2H])c12. The maximum Gasteiger partial charge on any atom is 0.391 e. The third-order valence-corrected chi connectivity index (χ3v) is 4.95. The first-order valence-corrected chi connectivity index (χ1v) is 9.23. The molecule has 1 aliphatic heterocycles. The normalized spacial score (nSPS) is 22.9. The molecule has 1 amide bonds. The zero-order valence-corrected chi connectivity index (χ0v) is 16.0. The maximum atomic E-state index is 14.6. The van der Waals surface area contributed by atoms with Crippen LogP contribution in [0.15, 0.2) is 22.9 Å². The van der Waals surface area contributed by atoms with Gasteiger partial charge in [-0.05, 0) is 63.9 Å². The van der Waals surface area contributed by atoms with E-state index in [-0.39, 0.29) is 42.2 Å². The molecule has 1 fully saturated rings. The maximum absolute atomic E-state index is 14.6. The first kappa shape index (κ1) is 12.4. The molecular weight excluding hydrogens is 418 g/mol. The van der Waals surface area contributed by atoms with Gasteiger partial charge in [0.15, 0.2) is 1.41 Å². The molecule has 10 heteroatoms. The lowest BCUT2D eigenvalue weighted by Gasteiger charge is -2.32. The fourth-order valence-electron chi connectivity index (χ4n) is 3.33. The van der Waals surface area contributed by atoms with Gasteiger partial charge < -0.3 is 19.9 Å². The summed E-state index contributed by atoms with van der Waals surface area (Å²) in [6, 6.07) is -3.86. The number of piperidine rings is 1. The Labute approximate surface area is 192 Å². The van der Waals surface area contributed by atoms with Crippen LogP contribution >= 0.6 is 0 Å². The fourth-order valence-corrected chi connectivity index (χ4v) is 3.33. The number of likely N-dealkylation sites (tertiary alicyclic amines) is 1. The molecule has 2 aromatic rings. The summed E-state index contributed by atoms with van der Waals surface area (Å²) in [5, 5.41) is 3.37. The summed E-state index contributed by atoms with van der Waals surface area (Å²) in [5.41, 5.74) is -4.27. The molecule has 0 saturated carbocycles. The quantitative estimate of drug-likeness (QED) is 0.630. The lowest BCUT2D eigenvalue weighted by atomic mass is 9.96. The van der Waals surface area contributed by atoms with Crippen LogP contribution in [-0.4, -0.2) is 54.2 Å². The number of nitrogens with zero attached hydrogens (tertiary/aromatic N) is 2. The summed E-state index contributed by atoms with van der Waals surface area (Å²) in [6.45, 7) is -9.31. The van der Waals surface area contributed by atoms with Crippen molar-refractivity contribution in [2.24, 2.45) is 5.92 Å². The van der Waals surface area contributed by atoms with Gasteiger partial charge in [-0.3, -0.25) is 9.59 Å². The number of halogens is 4. The summed E-state index contributed by atoms with van der Waals surface area (Å²) in [7, 11) is 0. The van der Waals surface area contributed by atoms with Crippen LogP contribution in [0.25, 0.3) is 10.9 Å². The van der Waals surface area contributed by atoms with E-state index in [1.165, 1.54) is 4.90 Å². The molecule has 1 aromatic heterocycles. The van der Waals surface area contributed by atoms with Crippen molar-refractivity contribution < 1.29 is 41.2 Å². The average molecular weight is 455 g/mol. The van der Waals surface area contributed by atoms with Gasteiger partial charge in [0.2, 0.25) is 0 Å². The van der Waals surface area contributed by atoms with Crippen molar-refractivity contribution in [3.63, 3.8) is 0 Å². The van der Waals surface area contributed by atoms with E-state index in [4.69, 9.17) is 15.2 Å². The lowest BCUT2D eigenvalue weighted by Crippen LogP contribution is -2.40. The summed E-state index contributed by atoms with van der Waals surface area (Å²) in [5.74, 6) is -6.02. The van der Waals surface area contributed by atoms with E-state index < -0.39 is 96.1 Å². The van der Waals surface area contributed by atoms with Crippen LogP contribution < -0.4 is 10.9 Å². The molecule has 0 bridgehead atoms. The van der Waals surface area contributed by atoms with E-state index in [0.717, 1.165) is 0 Å². The van der Waals surface area contributed by atoms with Crippen LogP contribution in [-0.2, 0) is 6.50 Å². The van der Waals surface area contributed by atoms with Crippen molar-refractivity contribution in [1.29, 1.82) is 1.43 Å². The number of amides is 1. The van der Waals surface area contributed by atoms with Gasteiger partial charge >= 0.3 is 6.18 Å². The van der Waals surface area contributed by atoms with E-state index in [2.05, 4.69) is 5.11 Å². The Hall–Kier alpha value is -2.62. The molecule has 0 radical (unpaired) electrons. The summed E-state index contributed by atoms with van der Waals surface area (Å²) >= 11 is 0. The predicted octanol–water partition coefficient (Wildman–Crippen LogP) is 3.26. The second-order valence-electron chi connectivity index (χ2n) is 6.88. The molecule has 2 N–H and O–H groups in total. The Bertz CT molecular complexity index is 1430. The number of rotatable bonds is 7. The highest BCUT2D eigenvalue weighted by Crippen LogP contribution is 2.34. The molecule has 3 rings (SSSR count). The second-order valence-corrected chi connectivity index (χ2v) is 6.88. The van der Waals surface area contributed by atoms with Crippen molar-refractivity contribution in [3.8, 4) is 5.75 Å². The highest BCUT2D eigenvalue weighted by atomic mass is 19.4. The summed E-state index contributed by atoms with van der Waals surface area (Å²) < 4.78 is 140. The van der Waals surface area contributed by atoms with Crippen LogP contribution in [0.3, 0.4) is 0 Å². The number of carbonyl (C=O) groups excluding carboxylic acids is 1. The minimum atomic E-state index is -4.38. The molecule has 6 nitrogen and oxygen atoms in total. The number of aromatic nitrogens is 1. The number of aromatic hydroxyl groups is 1. The van der Waals surface area contributed by atoms with Gasteiger partial charge in [-0.2, -0.15) is 13.2 Å². The number of benzene rings is 1. The first-order valence-electron chi connectivity index (χ1n) is 14.7. The van der Waals surface area contributed by atoms with Crippen molar-refractivity contribution in [1.82, 2.24) is 14.8 Å². The Morgan fingerprint density at radius 3 is 2.84 bits per heavy atom. The molecule has 170 valence electrons. The molecule has 2 heterocycles. The third kappa shape index (κ3) is 5.00. The van der Waals surface area contributed by atoms with Crippen LogP contribution in [0.1, 0.15) is 48.8 Å². The standard InChI is InChI=1S/C21H25F4N3O3/c1-2-28-16-5-4-14(22)12-15(16)18(29)17(20(28)31)19(30)26-8-3-9-27-10-6-13(7-11-27)21(23,24)25/h4-5,12-13,29H,2-3,6-11H2,1H3,(H,26,30)/i1D3,2D2,4D,5D,9D,12D/hD2. The van der Waals surface area contributed by atoms with Crippen LogP contribution in [0.2, 0.25) is 1.41 Å². The van der Waals surface area contributed by atoms with Crippen molar-refractivity contribution in [2.75, 3.05) is 26.2 Å². The summed E-state index contributed by atoms with van der Waals surface area (Å²) in [4.78, 5) is 28.2. The highest BCUT2D eigenvalue weighted by molar-refractivity contribution is 6.02. The van der Waals surface area contributed by atoms with Crippen molar-refractivity contribution >= 4 is 16.8 Å². The van der Waals surface area contributed by atoms with E-state index in [9.17, 15) is 27.2 Å². The van der Waals surface area contributed by atoms with E-state index in [1.54, 1.807) is 0 Å². The first-order chi connectivity index (χ1) is 19.2. The number of carbonyl (C=O) groups is 1. The number of nitrogens with one attached hydrogen (secondary N) is 1. The zero-order valence-electron chi connectivity index (χ0n) is 27.0. The number of hydrogen-bond donors (Lipinski definition) is 2. The Morgan fingerprint density at radius 1 is 1.45 bits per heavy atom. The van der Waals surface area contributed by atoms with Crippen molar-refractivity contribution in [3.05, 3.63) is 39.9 Å². The second kappa shape index (κ2) is 9.25. The molecule has 0 aliphatic carbocycles. The van der Waals surface area contributed by atoms with Crippen LogP contribution in [0, 0.1) is 11.7 Å². The highest BCUT2D eigenvalue weighted by Gasteiger charge is 2.40. The van der Waals surface area contributed by atoms with Gasteiger partial charge in [-0.15, -0.1) is 0 Å². The number of hydrogen-bond acceptors (Lipinski definition) is 4. The Morgan fingerprint density at radius 2 is 2.19 bits per heavy atom. The molecule has 1 saturated heterocycles. The Kier molecular flexibility index (Phi) is 3.71. The van der Waals surface area contributed by atoms with Crippen LogP contribution in [0.4, 0.5) is 17.6 Å². The van der Waals surface area contributed by atoms with E-state index in [0.29, 0.717) is 0 Å². The molecule has 1 aromatic carbocycles. The smallest absolute Gasteiger partial charge is 0.391 e. The van der Waals surface area contributed by atoms with E-state index >= 15 is 0 Å².